The molecule has 0 saturated carbocycles. The van der Waals surface area contributed by atoms with E-state index in [9.17, 15) is 9.59 Å². The third kappa shape index (κ3) is 4.61. The smallest absolute Gasteiger partial charge is 0.291 e. The molecule has 148 valence electrons. The molecule has 1 aliphatic rings. The topological polar surface area (TPSA) is 96.7 Å². The highest BCUT2D eigenvalue weighted by atomic mass is 16.5. The van der Waals surface area contributed by atoms with E-state index in [-0.39, 0.29) is 17.6 Å². The van der Waals surface area contributed by atoms with Gasteiger partial charge in [-0.05, 0) is 48.5 Å². The number of ether oxygens (including phenoxy) is 1. The molecule has 4 rings (SSSR count). The molecule has 3 heterocycles. The van der Waals surface area contributed by atoms with E-state index in [1.165, 1.54) is 6.26 Å². The van der Waals surface area contributed by atoms with E-state index in [4.69, 9.17) is 9.15 Å². The Labute approximate surface area is 167 Å². The summed E-state index contributed by atoms with van der Waals surface area (Å²) in [5.74, 6) is 0.480. The maximum Gasteiger partial charge on any atom is 0.291 e. The van der Waals surface area contributed by atoms with Crippen LogP contribution in [0.2, 0.25) is 0 Å². The number of hydrogen-bond donors (Lipinski definition) is 2. The SMILES string of the molecule is O=C(Nc1ccc(NC(=O)c2ccco2)cc1)c1ccc(N2CCOCC2)nc1. The van der Waals surface area contributed by atoms with Crippen LogP contribution in [0, 0.1) is 0 Å². The maximum absolute atomic E-state index is 12.5. The predicted octanol–water partition coefficient (Wildman–Crippen LogP) is 3.02. The molecule has 1 saturated heterocycles. The third-order valence-corrected chi connectivity index (χ3v) is 4.49. The summed E-state index contributed by atoms with van der Waals surface area (Å²) in [6, 6.07) is 13.7. The summed E-state index contributed by atoms with van der Waals surface area (Å²) in [6.07, 6.45) is 3.01. The van der Waals surface area contributed by atoms with Crippen LogP contribution in [0.15, 0.2) is 65.4 Å². The minimum absolute atomic E-state index is 0.232. The summed E-state index contributed by atoms with van der Waals surface area (Å²) in [5, 5.41) is 5.55. The Bertz CT molecular complexity index is 963. The lowest BCUT2D eigenvalue weighted by atomic mass is 10.2. The van der Waals surface area contributed by atoms with Crippen LogP contribution in [0.3, 0.4) is 0 Å². The Hall–Kier alpha value is -3.65. The van der Waals surface area contributed by atoms with Crippen molar-refractivity contribution in [2.75, 3.05) is 41.8 Å². The molecule has 1 fully saturated rings. The van der Waals surface area contributed by atoms with Crippen molar-refractivity contribution in [2.45, 2.75) is 0 Å². The molecule has 0 aliphatic carbocycles. The summed E-state index contributed by atoms with van der Waals surface area (Å²) in [4.78, 5) is 30.9. The van der Waals surface area contributed by atoms with Crippen LogP contribution >= 0.6 is 0 Å². The Morgan fingerprint density at radius 2 is 1.59 bits per heavy atom. The van der Waals surface area contributed by atoms with Crippen molar-refractivity contribution in [2.24, 2.45) is 0 Å². The zero-order chi connectivity index (χ0) is 20.1. The molecule has 8 nitrogen and oxygen atoms in total. The molecule has 0 unspecified atom stereocenters. The van der Waals surface area contributed by atoms with Gasteiger partial charge in [0, 0.05) is 30.7 Å². The summed E-state index contributed by atoms with van der Waals surface area (Å²) in [5.41, 5.74) is 1.68. The van der Waals surface area contributed by atoms with Gasteiger partial charge in [-0.2, -0.15) is 0 Å². The van der Waals surface area contributed by atoms with Crippen molar-refractivity contribution in [1.29, 1.82) is 0 Å². The van der Waals surface area contributed by atoms with Crippen LogP contribution in [-0.4, -0.2) is 43.1 Å². The van der Waals surface area contributed by atoms with Gasteiger partial charge in [-0.15, -0.1) is 0 Å². The molecule has 2 amide bonds. The van der Waals surface area contributed by atoms with E-state index in [1.54, 1.807) is 48.7 Å². The highest BCUT2D eigenvalue weighted by Gasteiger charge is 2.14. The fraction of sp³-hybridized carbons (Fsp3) is 0.190. The molecule has 2 aromatic heterocycles. The molecular formula is C21H20N4O4. The lowest BCUT2D eigenvalue weighted by Gasteiger charge is -2.27. The van der Waals surface area contributed by atoms with E-state index in [2.05, 4.69) is 20.5 Å². The summed E-state index contributed by atoms with van der Waals surface area (Å²) in [7, 11) is 0. The van der Waals surface area contributed by atoms with Gasteiger partial charge in [0.1, 0.15) is 5.82 Å². The number of aromatic nitrogens is 1. The van der Waals surface area contributed by atoms with Crippen LogP contribution in [0.4, 0.5) is 17.2 Å². The highest BCUT2D eigenvalue weighted by Crippen LogP contribution is 2.17. The summed E-state index contributed by atoms with van der Waals surface area (Å²) >= 11 is 0. The third-order valence-electron chi connectivity index (χ3n) is 4.49. The maximum atomic E-state index is 12.5. The molecule has 3 aromatic rings. The van der Waals surface area contributed by atoms with Crippen molar-refractivity contribution in [3.63, 3.8) is 0 Å². The number of benzene rings is 1. The van der Waals surface area contributed by atoms with Crippen LogP contribution in [0.1, 0.15) is 20.9 Å². The van der Waals surface area contributed by atoms with Gasteiger partial charge in [-0.3, -0.25) is 9.59 Å². The molecule has 8 heteroatoms. The van der Waals surface area contributed by atoms with Crippen molar-refractivity contribution < 1.29 is 18.7 Å². The van der Waals surface area contributed by atoms with Gasteiger partial charge >= 0.3 is 0 Å². The number of rotatable bonds is 5. The van der Waals surface area contributed by atoms with Gasteiger partial charge in [0.15, 0.2) is 5.76 Å². The number of carbonyl (C=O) groups excluding carboxylic acids is 2. The van der Waals surface area contributed by atoms with E-state index in [0.717, 1.165) is 18.9 Å². The van der Waals surface area contributed by atoms with Crippen LogP contribution in [0.25, 0.3) is 0 Å². The number of pyridine rings is 1. The molecule has 2 N–H and O–H groups in total. The van der Waals surface area contributed by atoms with Gasteiger partial charge in [-0.1, -0.05) is 0 Å². The molecule has 0 radical (unpaired) electrons. The van der Waals surface area contributed by atoms with Gasteiger partial charge < -0.3 is 24.7 Å². The first-order chi connectivity index (χ1) is 14.2. The highest BCUT2D eigenvalue weighted by molar-refractivity contribution is 6.05. The van der Waals surface area contributed by atoms with E-state index >= 15 is 0 Å². The first-order valence-electron chi connectivity index (χ1n) is 9.24. The minimum Gasteiger partial charge on any atom is -0.459 e. The normalized spacial score (nSPS) is 13.7. The second kappa shape index (κ2) is 8.57. The second-order valence-corrected chi connectivity index (χ2v) is 6.47. The van der Waals surface area contributed by atoms with Gasteiger partial charge in [0.05, 0.1) is 25.0 Å². The van der Waals surface area contributed by atoms with Crippen LogP contribution in [0.5, 0.6) is 0 Å². The Morgan fingerprint density at radius 3 is 2.17 bits per heavy atom. The Kier molecular flexibility index (Phi) is 5.53. The largest absolute Gasteiger partial charge is 0.459 e. The average molecular weight is 392 g/mol. The average Bonchev–Trinajstić information content (AvgIpc) is 3.31. The number of nitrogens with zero attached hydrogens (tertiary/aromatic N) is 2. The zero-order valence-corrected chi connectivity index (χ0v) is 15.6. The molecule has 0 spiro atoms. The van der Waals surface area contributed by atoms with Crippen molar-refractivity contribution in [3.8, 4) is 0 Å². The number of amides is 2. The second-order valence-electron chi connectivity index (χ2n) is 6.47. The number of nitrogens with one attached hydrogen (secondary N) is 2. The number of hydrogen-bond acceptors (Lipinski definition) is 6. The summed E-state index contributed by atoms with van der Waals surface area (Å²) < 4.78 is 10.4. The number of morpholine rings is 1. The fourth-order valence-corrected chi connectivity index (χ4v) is 2.94. The summed E-state index contributed by atoms with van der Waals surface area (Å²) in [6.45, 7) is 2.95. The van der Waals surface area contributed by atoms with Crippen LogP contribution < -0.4 is 15.5 Å². The van der Waals surface area contributed by atoms with E-state index in [0.29, 0.717) is 30.2 Å². The molecule has 29 heavy (non-hydrogen) atoms. The molecule has 0 atom stereocenters. The monoisotopic (exact) mass is 392 g/mol. The zero-order valence-electron chi connectivity index (χ0n) is 15.6. The predicted molar refractivity (Wildman–Crippen MR) is 108 cm³/mol. The molecule has 1 aromatic carbocycles. The Balaban J connectivity index is 1.35. The van der Waals surface area contributed by atoms with Gasteiger partial charge in [0.2, 0.25) is 0 Å². The first kappa shape index (κ1) is 18.7. The van der Waals surface area contributed by atoms with Gasteiger partial charge in [-0.25, -0.2) is 4.98 Å². The van der Waals surface area contributed by atoms with Gasteiger partial charge in [0.25, 0.3) is 11.8 Å². The number of furan rings is 1. The minimum atomic E-state index is -0.335. The first-order valence-corrected chi connectivity index (χ1v) is 9.24. The Morgan fingerprint density at radius 1 is 0.897 bits per heavy atom. The van der Waals surface area contributed by atoms with Crippen molar-refractivity contribution >= 4 is 29.0 Å². The van der Waals surface area contributed by atoms with Crippen molar-refractivity contribution in [3.05, 3.63) is 72.3 Å². The lowest BCUT2D eigenvalue weighted by Crippen LogP contribution is -2.36. The standard InChI is InChI=1S/C21H20N4O4/c26-20(15-3-8-19(22-14-15)25-9-12-28-13-10-25)23-16-4-6-17(7-5-16)24-21(27)18-2-1-11-29-18/h1-8,11,14H,9-10,12-13H2,(H,23,26)(H,24,27). The van der Waals surface area contributed by atoms with E-state index < -0.39 is 0 Å². The fourth-order valence-electron chi connectivity index (χ4n) is 2.94. The number of carbonyl (C=O) groups is 2. The van der Waals surface area contributed by atoms with E-state index in [1.807, 2.05) is 6.07 Å². The van der Waals surface area contributed by atoms with Crippen molar-refractivity contribution in [1.82, 2.24) is 4.98 Å². The molecular weight excluding hydrogens is 372 g/mol. The quantitative estimate of drug-likeness (QED) is 0.693. The lowest BCUT2D eigenvalue weighted by molar-refractivity contribution is 0.0994. The molecule has 0 bridgehead atoms. The number of anilines is 3. The van der Waals surface area contributed by atoms with Crippen LogP contribution in [-0.2, 0) is 4.74 Å². The molecule has 1 aliphatic heterocycles.